The fourth-order valence-electron chi connectivity index (χ4n) is 2.22. The van der Waals surface area contributed by atoms with Crippen molar-refractivity contribution in [3.05, 3.63) is 23.9 Å². The molecule has 98 valence electrons. The number of carbonyl (C=O) groups is 1. The summed E-state index contributed by atoms with van der Waals surface area (Å²) in [7, 11) is 0. The van der Waals surface area contributed by atoms with Crippen LogP contribution in [0.2, 0.25) is 0 Å². The second-order valence-corrected chi connectivity index (χ2v) is 4.59. The van der Waals surface area contributed by atoms with E-state index in [0.29, 0.717) is 12.1 Å². The van der Waals surface area contributed by atoms with Gasteiger partial charge in [-0.1, -0.05) is 6.42 Å². The van der Waals surface area contributed by atoms with E-state index >= 15 is 0 Å². The zero-order valence-electron chi connectivity index (χ0n) is 10.6. The van der Waals surface area contributed by atoms with Crippen molar-refractivity contribution < 1.29 is 4.79 Å². The number of pyridine rings is 1. The van der Waals surface area contributed by atoms with Crippen molar-refractivity contribution in [3.8, 4) is 0 Å². The highest BCUT2D eigenvalue weighted by Crippen LogP contribution is 2.08. The molecule has 1 saturated heterocycles. The Balaban J connectivity index is 1.76. The molecule has 2 heterocycles. The second kappa shape index (κ2) is 6.35. The highest BCUT2D eigenvalue weighted by atomic mass is 16.1. The fraction of sp³-hybridized carbons (Fsp3) is 0.538. The lowest BCUT2D eigenvalue weighted by Gasteiger charge is -2.26. The molecule has 1 amide bonds. The van der Waals surface area contributed by atoms with Crippen molar-refractivity contribution in [2.75, 3.05) is 31.9 Å². The predicted octanol–water partition coefficient (Wildman–Crippen LogP) is 0.879. The number of carbonyl (C=O) groups excluding carboxylic acids is 1. The molecule has 0 aromatic carbocycles. The van der Waals surface area contributed by atoms with Gasteiger partial charge >= 0.3 is 0 Å². The third-order valence-electron chi connectivity index (χ3n) is 3.25. The quantitative estimate of drug-likeness (QED) is 0.829. The SMILES string of the molecule is Nc1ncccc1C(=O)NCCN1CCCCC1. The molecule has 1 aliphatic rings. The van der Waals surface area contributed by atoms with E-state index in [0.717, 1.165) is 19.6 Å². The Hall–Kier alpha value is -1.62. The van der Waals surface area contributed by atoms with Gasteiger partial charge in [-0.15, -0.1) is 0 Å². The van der Waals surface area contributed by atoms with E-state index < -0.39 is 0 Å². The van der Waals surface area contributed by atoms with E-state index in [1.807, 2.05) is 0 Å². The highest BCUT2D eigenvalue weighted by Gasteiger charge is 2.12. The largest absolute Gasteiger partial charge is 0.383 e. The van der Waals surface area contributed by atoms with Gasteiger partial charge in [-0.05, 0) is 38.1 Å². The van der Waals surface area contributed by atoms with Crippen molar-refractivity contribution in [2.45, 2.75) is 19.3 Å². The van der Waals surface area contributed by atoms with Crippen molar-refractivity contribution in [1.82, 2.24) is 15.2 Å². The van der Waals surface area contributed by atoms with Gasteiger partial charge in [-0.25, -0.2) is 4.98 Å². The number of nitrogens with one attached hydrogen (secondary N) is 1. The molecule has 1 aliphatic heterocycles. The Bertz CT molecular complexity index is 402. The molecule has 2 rings (SSSR count). The van der Waals surface area contributed by atoms with E-state index in [-0.39, 0.29) is 11.7 Å². The van der Waals surface area contributed by atoms with Crippen LogP contribution in [0.1, 0.15) is 29.6 Å². The molecule has 0 atom stereocenters. The van der Waals surface area contributed by atoms with Gasteiger partial charge < -0.3 is 16.0 Å². The topological polar surface area (TPSA) is 71.2 Å². The van der Waals surface area contributed by atoms with Gasteiger partial charge in [0.2, 0.25) is 0 Å². The van der Waals surface area contributed by atoms with Crippen LogP contribution in [-0.2, 0) is 0 Å². The molecule has 1 aromatic rings. The summed E-state index contributed by atoms with van der Waals surface area (Å²) in [6, 6.07) is 3.41. The summed E-state index contributed by atoms with van der Waals surface area (Å²) < 4.78 is 0. The van der Waals surface area contributed by atoms with Crippen LogP contribution in [0.5, 0.6) is 0 Å². The molecule has 0 aliphatic carbocycles. The number of hydrogen-bond acceptors (Lipinski definition) is 4. The lowest BCUT2D eigenvalue weighted by atomic mass is 10.1. The Kier molecular flexibility index (Phi) is 4.52. The molecule has 18 heavy (non-hydrogen) atoms. The minimum Gasteiger partial charge on any atom is -0.383 e. The number of nitrogens with two attached hydrogens (primary N) is 1. The zero-order chi connectivity index (χ0) is 12.8. The van der Waals surface area contributed by atoms with Crippen molar-refractivity contribution in [3.63, 3.8) is 0 Å². The van der Waals surface area contributed by atoms with Crippen LogP contribution in [0, 0.1) is 0 Å². The first-order valence-corrected chi connectivity index (χ1v) is 6.48. The predicted molar refractivity (Wildman–Crippen MR) is 71.3 cm³/mol. The first kappa shape index (κ1) is 12.8. The monoisotopic (exact) mass is 248 g/mol. The highest BCUT2D eigenvalue weighted by molar-refractivity contribution is 5.98. The minimum absolute atomic E-state index is 0.141. The summed E-state index contributed by atoms with van der Waals surface area (Å²) >= 11 is 0. The van der Waals surface area contributed by atoms with Gasteiger partial charge in [0.25, 0.3) is 5.91 Å². The van der Waals surface area contributed by atoms with Gasteiger partial charge in [0.1, 0.15) is 5.82 Å². The van der Waals surface area contributed by atoms with E-state index in [4.69, 9.17) is 5.73 Å². The molecule has 3 N–H and O–H groups in total. The van der Waals surface area contributed by atoms with Crippen LogP contribution < -0.4 is 11.1 Å². The standard InChI is InChI=1S/C13H20N4O/c14-12-11(5-4-6-15-12)13(18)16-7-10-17-8-2-1-3-9-17/h4-6H,1-3,7-10H2,(H2,14,15)(H,16,18). The van der Waals surface area contributed by atoms with Crippen LogP contribution >= 0.6 is 0 Å². The van der Waals surface area contributed by atoms with Gasteiger partial charge in [0.15, 0.2) is 0 Å². The number of amides is 1. The molecule has 0 unspecified atom stereocenters. The zero-order valence-corrected chi connectivity index (χ0v) is 10.6. The summed E-state index contributed by atoms with van der Waals surface area (Å²) in [6.45, 7) is 3.86. The van der Waals surface area contributed by atoms with E-state index in [9.17, 15) is 4.79 Å². The van der Waals surface area contributed by atoms with Gasteiger partial charge in [0.05, 0.1) is 5.56 Å². The fourth-order valence-corrected chi connectivity index (χ4v) is 2.22. The van der Waals surface area contributed by atoms with Crippen LogP contribution in [0.25, 0.3) is 0 Å². The van der Waals surface area contributed by atoms with Gasteiger partial charge in [0, 0.05) is 19.3 Å². The van der Waals surface area contributed by atoms with Crippen molar-refractivity contribution >= 4 is 11.7 Å². The molecule has 5 nitrogen and oxygen atoms in total. The number of nitrogen functional groups attached to an aromatic ring is 1. The Morgan fingerprint density at radius 2 is 2.17 bits per heavy atom. The first-order valence-electron chi connectivity index (χ1n) is 6.48. The van der Waals surface area contributed by atoms with E-state index in [2.05, 4.69) is 15.2 Å². The maximum atomic E-state index is 11.9. The maximum absolute atomic E-state index is 11.9. The summed E-state index contributed by atoms with van der Waals surface area (Å²) in [6.07, 6.45) is 5.45. The number of likely N-dealkylation sites (tertiary alicyclic amines) is 1. The summed E-state index contributed by atoms with van der Waals surface area (Å²) in [5.74, 6) is 0.144. The third-order valence-corrected chi connectivity index (χ3v) is 3.25. The number of rotatable bonds is 4. The van der Waals surface area contributed by atoms with Crippen LogP contribution in [0.3, 0.4) is 0 Å². The Morgan fingerprint density at radius 3 is 2.89 bits per heavy atom. The average Bonchev–Trinajstić information content (AvgIpc) is 2.40. The summed E-state index contributed by atoms with van der Waals surface area (Å²) in [4.78, 5) is 18.1. The second-order valence-electron chi connectivity index (χ2n) is 4.59. The molecule has 0 radical (unpaired) electrons. The first-order chi connectivity index (χ1) is 8.77. The summed E-state index contributed by atoms with van der Waals surface area (Å²) in [5.41, 5.74) is 6.11. The smallest absolute Gasteiger partial charge is 0.255 e. The molecule has 0 bridgehead atoms. The molecule has 0 saturated carbocycles. The molecular weight excluding hydrogens is 228 g/mol. The maximum Gasteiger partial charge on any atom is 0.255 e. The van der Waals surface area contributed by atoms with Crippen molar-refractivity contribution in [2.24, 2.45) is 0 Å². The normalized spacial score (nSPS) is 16.4. The van der Waals surface area contributed by atoms with Crippen LogP contribution in [0.15, 0.2) is 18.3 Å². The number of hydrogen-bond donors (Lipinski definition) is 2. The molecule has 1 fully saturated rings. The molecule has 5 heteroatoms. The third kappa shape index (κ3) is 3.43. The lowest BCUT2D eigenvalue weighted by Crippen LogP contribution is -2.37. The van der Waals surface area contributed by atoms with E-state index in [1.165, 1.54) is 19.3 Å². The minimum atomic E-state index is -0.141. The number of piperidine rings is 1. The van der Waals surface area contributed by atoms with Gasteiger partial charge in [-0.3, -0.25) is 4.79 Å². The number of nitrogens with zero attached hydrogens (tertiary/aromatic N) is 2. The number of anilines is 1. The summed E-state index contributed by atoms with van der Waals surface area (Å²) in [5, 5.41) is 2.89. The molecule has 1 aromatic heterocycles. The van der Waals surface area contributed by atoms with Crippen LogP contribution in [0.4, 0.5) is 5.82 Å². The molecular formula is C13H20N4O. The van der Waals surface area contributed by atoms with Gasteiger partial charge in [-0.2, -0.15) is 0 Å². The Labute approximate surface area is 107 Å². The Morgan fingerprint density at radius 1 is 1.39 bits per heavy atom. The van der Waals surface area contributed by atoms with Crippen LogP contribution in [-0.4, -0.2) is 42.0 Å². The van der Waals surface area contributed by atoms with E-state index in [1.54, 1.807) is 18.3 Å². The lowest BCUT2D eigenvalue weighted by molar-refractivity contribution is 0.0947. The average molecular weight is 248 g/mol. The number of aromatic nitrogens is 1. The van der Waals surface area contributed by atoms with Crippen molar-refractivity contribution in [1.29, 1.82) is 0 Å². The molecule has 0 spiro atoms.